The lowest BCUT2D eigenvalue weighted by atomic mass is 10.1. The summed E-state index contributed by atoms with van der Waals surface area (Å²) in [4.78, 5) is 11.6. The molecule has 1 aliphatic heterocycles. The molecule has 0 unspecified atom stereocenters. The number of rotatable bonds is 2. The molecule has 2 rings (SSSR count). The lowest BCUT2D eigenvalue weighted by Crippen LogP contribution is -2.17. The second kappa shape index (κ2) is 4.89. The molecule has 0 spiro atoms. The molecule has 0 fully saturated rings. The number of hydrogen-bond acceptors (Lipinski definition) is 4. The molecule has 1 heterocycles. The minimum Gasteiger partial charge on any atom is -0.489 e. The van der Waals surface area contributed by atoms with Gasteiger partial charge in [0.1, 0.15) is 5.56 Å². The summed E-state index contributed by atoms with van der Waals surface area (Å²) < 4.78 is 24.5. The lowest BCUT2D eigenvalue weighted by molar-refractivity contribution is 0.0993. The van der Waals surface area contributed by atoms with Crippen molar-refractivity contribution in [1.82, 2.24) is 0 Å². The zero-order valence-corrected chi connectivity index (χ0v) is 9.72. The van der Waals surface area contributed by atoms with Crippen LogP contribution in [0.1, 0.15) is 16.8 Å². The molecule has 1 aliphatic rings. The van der Waals surface area contributed by atoms with Crippen LogP contribution in [0.2, 0.25) is 5.02 Å². The van der Waals surface area contributed by atoms with Gasteiger partial charge in [-0.1, -0.05) is 11.6 Å². The Morgan fingerprint density at radius 2 is 2.18 bits per heavy atom. The smallest absolute Gasteiger partial charge is 0.183 e. The number of hydrogen-bond donors (Lipinski definition) is 1. The Morgan fingerprint density at radius 1 is 1.47 bits per heavy atom. The first-order chi connectivity index (χ1) is 8.15. The number of carbonyl (C=O) groups is 1. The van der Waals surface area contributed by atoms with Crippen molar-refractivity contribution in [3.63, 3.8) is 0 Å². The van der Waals surface area contributed by atoms with Crippen molar-refractivity contribution in [1.29, 1.82) is 0 Å². The van der Waals surface area contributed by atoms with Crippen LogP contribution in [-0.4, -0.2) is 25.5 Å². The van der Waals surface area contributed by atoms with E-state index in [9.17, 15) is 9.18 Å². The van der Waals surface area contributed by atoms with E-state index < -0.39 is 11.6 Å². The molecule has 4 nitrogen and oxygen atoms in total. The molecule has 0 amide bonds. The van der Waals surface area contributed by atoms with Gasteiger partial charge in [0.05, 0.1) is 24.8 Å². The molecule has 0 radical (unpaired) electrons. The van der Waals surface area contributed by atoms with Gasteiger partial charge in [0.15, 0.2) is 23.1 Å². The standard InChI is InChI=1S/C11H11ClFNO3/c12-6-4-8-11(17-3-1-2-16-8)9(10(6)13)7(15)5-14/h4H,1-3,5,14H2. The molecule has 0 bridgehead atoms. The molecule has 0 saturated carbocycles. The van der Waals surface area contributed by atoms with E-state index >= 15 is 0 Å². The molecule has 1 aromatic carbocycles. The molecule has 0 aromatic heterocycles. The number of ketones is 1. The Balaban J connectivity index is 2.61. The highest BCUT2D eigenvalue weighted by atomic mass is 35.5. The van der Waals surface area contributed by atoms with Crippen molar-refractivity contribution < 1.29 is 18.7 Å². The van der Waals surface area contributed by atoms with Gasteiger partial charge < -0.3 is 15.2 Å². The van der Waals surface area contributed by atoms with Crippen LogP contribution in [0.15, 0.2) is 6.07 Å². The number of fused-ring (bicyclic) bond motifs is 1. The molecule has 6 heteroatoms. The van der Waals surface area contributed by atoms with Crippen LogP contribution < -0.4 is 15.2 Å². The molecule has 0 saturated heterocycles. The number of ether oxygens (including phenoxy) is 2. The second-order valence-electron chi connectivity index (χ2n) is 3.55. The van der Waals surface area contributed by atoms with Crippen LogP contribution in [0.4, 0.5) is 4.39 Å². The lowest BCUT2D eigenvalue weighted by Gasteiger charge is -2.13. The van der Waals surface area contributed by atoms with Crippen molar-refractivity contribution in [2.24, 2.45) is 5.73 Å². The van der Waals surface area contributed by atoms with Gasteiger partial charge in [-0.2, -0.15) is 0 Å². The number of nitrogens with two attached hydrogens (primary N) is 1. The molecule has 0 atom stereocenters. The van der Waals surface area contributed by atoms with E-state index in [0.29, 0.717) is 19.6 Å². The quantitative estimate of drug-likeness (QED) is 0.823. The second-order valence-corrected chi connectivity index (χ2v) is 3.96. The highest BCUT2D eigenvalue weighted by Gasteiger charge is 2.25. The Kier molecular flexibility index (Phi) is 3.49. The maximum Gasteiger partial charge on any atom is 0.183 e. The summed E-state index contributed by atoms with van der Waals surface area (Å²) in [5.41, 5.74) is 5.01. The van der Waals surface area contributed by atoms with E-state index in [1.807, 2.05) is 0 Å². The zero-order valence-electron chi connectivity index (χ0n) is 8.96. The molecular formula is C11H11ClFNO3. The number of halogens is 2. The Labute approximate surface area is 102 Å². The summed E-state index contributed by atoms with van der Waals surface area (Å²) in [6.45, 7) is 0.483. The molecule has 2 N–H and O–H groups in total. The Morgan fingerprint density at radius 3 is 2.88 bits per heavy atom. The van der Waals surface area contributed by atoms with E-state index in [-0.39, 0.29) is 28.6 Å². The van der Waals surface area contributed by atoms with Gasteiger partial charge in [0.25, 0.3) is 0 Å². The van der Waals surface area contributed by atoms with Crippen LogP contribution in [0.3, 0.4) is 0 Å². The zero-order chi connectivity index (χ0) is 12.4. The summed E-state index contributed by atoms with van der Waals surface area (Å²) in [6, 6.07) is 1.31. The minimum absolute atomic E-state index is 0.0971. The van der Waals surface area contributed by atoms with E-state index in [4.69, 9.17) is 26.8 Å². The first kappa shape index (κ1) is 12.1. The van der Waals surface area contributed by atoms with Gasteiger partial charge in [-0.15, -0.1) is 0 Å². The fraction of sp³-hybridized carbons (Fsp3) is 0.364. The number of Topliss-reactive ketones (excluding diaryl/α,β-unsaturated/α-hetero) is 1. The van der Waals surface area contributed by atoms with Gasteiger partial charge in [0, 0.05) is 12.5 Å². The van der Waals surface area contributed by atoms with Gasteiger partial charge in [-0.3, -0.25) is 4.79 Å². The average molecular weight is 260 g/mol. The van der Waals surface area contributed by atoms with Gasteiger partial charge in [0.2, 0.25) is 0 Å². The summed E-state index contributed by atoms with van der Waals surface area (Å²) in [7, 11) is 0. The van der Waals surface area contributed by atoms with E-state index in [1.54, 1.807) is 0 Å². The van der Waals surface area contributed by atoms with Crippen LogP contribution in [0.25, 0.3) is 0 Å². The highest BCUT2D eigenvalue weighted by Crippen LogP contribution is 2.38. The predicted molar refractivity (Wildman–Crippen MR) is 60.4 cm³/mol. The fourth-order valence-electron chi connectivity index (χ4n) is 1.60. The van der Waals surface area contributed by atoms with Crippen molar-refractivity contribution in [3.05, 3.63) is 22.5 Å². The third kappa shape index (κ3) is 2.21. The molecule has 0 aliphatic carbocycles. The van der Waals surface area contributed by atoms with Crippen LogP contribution in [-0.2, 0) is 0 Å². The molecule has 17 heavy (non-hydrogen) atoms. The number of carbonyl (C=O) groups excluding carboxylic acids is 1. The first-order valence-corrected chi connectivity index (χ1v) is 5.53. The van der Waals surface area contributed by atoms with Crippen LogP contribution >= 0.6 is 11.6 Å². The molecule has 92 valence electrons. The highest BCUT2D eigenvalue weighted by molar-refractivity contribution is 6.31. The van der Waals surface area contributed by atoms with Crippen molar-refractivity contribution in [3.8, 4) is 11.5 Å². The van der Waals surface area contributed by atoms with Gasteiger partial charge in [-0.05, 0) is 0 Å². The predicted octanol–water partition coefficient (Wildman–Crippen LogP) is 1.78. The largest absolute Gasteiger partial charge is 0.489 e. The maximum absolute atomic E-state index is 13.8. The Hall–Kier alpha value is -1.33. The summed E-state index contributed by atoms with van der Waals surface area (Å²) >= 11 is 5.70. The molecule has 1 aromatic rings. The van der Waals surface area contributed by atoms with Gasteiger partial charge in [-0.25, -0.2) is 4.39 Å². The van der Waals surface area contributed by atoms with E-state index in [1.165, 1.54) is 6.07 Å². The van der Waals surface area contributed by atoms with Crippen molar-refractivity contribution in [2.45, 2.75) is 6.42 Å². The third-order valence-electron chi connectivity index (χ3n) is 2.39. The SMILES string of the molecule is NCC(=O)c1c(F)c(Cl)cc2c1OCCCO2. The van der Waals surface area contributed by atoms with E-state index in [0.717, 1.165) is 0 Å². The monoisotopic (exact) mass is 259 g/mol. The minimum atomic E-state index is -0.814. The summed E-state index contributed by atoms with van der Waals surface area (Å²) in [5.74, 6) is -0.997. The maximum atomic E-state index is 13.8. The average Bonchev–Trinajstić information content (AvgIpc) is 2.55. The van der Waals surface area contributed by atoms with E-state index in [2.05, 4.69) is 0 Å². The summed E-state index contributed by atoms with van der Waals surface area (Å²) in [5, 5.41) is -0.175. The normalized spacial score (nSPS) is 14.3. The van der Waals surface area contributed by atoms with Crippen molar-refractivity contribution >= 4 is 17.4 Å². The van der Waals surface area contributed by atoms with Gasteiger partial charge >= 0.3 is 0 Å². The van der Waals surface area contributed by atoms with Crippen LogP contribution in [0.5, 0.6) is 11.5 Å². The van der Waals surface area contributed by atoms with Crippen molar-refractivity contribution in [2.75, 3.05) is 19.8 Å². The Bertz CT molecular complexity index is 465. The molecular weight excluding hydrogens is 249 g/mol. The summed E-state index contributed by atoms with van der Waals surface area (Å²) in [6.07, 6.45) is 0.657. The first-order valence-electron chi connectivity index (χ1n) is 5.16. The third-order valence-corrected chi connectivity index (χ3v) is 2.67. The topological polar surface area (TPSA) is 61.6 Å². The number of benzene rings is 1. The van der Waals surface area contributed by atoms with Crippen LogP contribution in [0, 0.1) is 5.82 Å². The fourth-order valence-corrected chi connectivity index (χ4v) is 1.80.